The molecule has 1 aliphatic rings. The quantitative estimate of drug-likeness (QED) is 0.0193. The van der Waals surface area contributed by atoms with Crippen molar-refractivity contribution in [1.82, 2.24) is 62.6 Å². The molecule has 15 N–H and O–H groups in total. The van der Waals surface area contributed by atoms with Crippen LogP contribution in [-0.2, 0) is 106 Å². The summed E-state index contributed by atoms with van der Waals surface area (Å²) in [5.74, 6) is -11.6. The van der Waals surface area contributed by atoms with Crippen LogP contribution in [0.3, 0.4) is 0 Å². The lowest BCUT2D eigenvalue weighted by Gasteiger charge is -2.32. The van der Waals surface area contributed by atoms with Crippen LogP contribution in [0, 0.1) is 11.8 Å². The Kier molecular flexibility index (Phi) is 34.8. The van der Waals surface area contributed by atoms with Gasteiger partial charge in [0, 0.05) is 69.7 Å². The summed E-state index contributed by atoms with van der Waals surface area (Å²) in [5.41, 5.74) is 14.8. The molecule has 1 saturated heterocycles. The van der Waals surface area contributed by atoms with Gasteiger partial charge in [0.2, 0.25) is 70.9 Å². The number of primary amides is 2. The minimum Gasteiger partial charge on any atom is -0.508 e. The number of benzene rings is 5. The minimum atomic E-state index is -1.87. The van der Waals surface area contributed by atoms with Gasteiger partial charge in [0.15, 0.2) is 0 Å². The number of likely N-dealkylation sites (N-methyl/N-ethyl adjacent to an activating group) is 1. The Bertz CT molecular complexity index is 4310. The van der Waals surface area contributed by atoms with Gasteiger partial charge in [-0.2, -0.15) is 0 Å². The zero-order valence-corrected chi connectivity index (χ0v) is 66.3. The number of esters is 1. The van der Waals surface area contributed by atoms with Crippen molar-refractivity contribution in [2.24, 2.45) is 23.3 Å². The van der Waals surface area contributed by atoms with E-state index in [1.54, 1.807) is 63.2 Å². The van der Waals surface area contributed by atoms with E-state index in [1.807, 2.05) is 74.5 Å². The average Bonchev–Trinajstić information content (AvgIpc) is 1.14. The Balaban J connectivity index is 1.10. The van der Waals surface area contributed by atoms with Gasteiger partial charge in [-0.15, -0.1) is 0 Å². The lowest BCUT2D eigenvalue weighted by atomic mass is 9.96. The smallest absolute Gasteiger partial charge is 0.309 e. The largest absolute Gasteiger partial charge is 0.508 e. The highest BCUT2D eigenvalue weighted by Gasteiger charge is 2.41. The van der Waals surface area contributed by atoms with E-state index in [9.17, 15) is 67.7 Å². The number of carbonyl (C=O) groups is 13. The van der Waals surface area contributed by atoms with E-state index in [2.05, 4.69) is 52.8 Å². The molecule has 3 unspecified atom stereocenters. The fourth-order valence-electron chi connectivity index (χ4n) is 13.2. The molecule has 1 fully saturated rings. The van der Waals surface area contributed by atoms with E-state index < -0.39 is 150 Å². The standard InChI is InChI=1S/C83H107ClN14O16/c1-48(2)36-64(74(104)91-63(19-12-13-34-88-49(3)4)82(112)98-35-15-20-70(98)79(109)89-51(6)73(86)103)92-78(108)68(44-72(85)102)95-80(110)71(43-54-25-31-62(101)32-26-54)97(8)81(111)69(46-99)96-77(107)67(42-58-18-14-33-87-45-58)94-76(106)66(40-53-23-29-61(84)30-24-53)93-75(105)65(90-52(7)100)41-57-22-28-59-38-56(21-27-60(59)39-57)37-50(5)83(113)114-47-55-16-10-9-11-17-55/h9-11,14,16-18,21-33,38-39,45,48-51,63-71,88,99,101H,12-13,15,19-20,34-37,40-44,46-47H2,1-8H3,(H2,85,102)(H2,86,103)(H,89,109)(H,90,100)(H,91,104)(H,92,108)(H,93,105)(H,94,106)(H,95,110)(H,96,107)/t50?,51-,63+,64+,65-,66-,67-,68-,69+,70?,71?/m1/s1. The molecule has 31 heteroatoms. The van der Waals surface area contributed by atoms with Crippen LogP contribution in [0.15, 0.2) is 140 Å². The first-order chi connectivity index (χ1) is 54.2. The zero-order valence-electron chi connectivity index (χ0n) is 65.6. The van der Waals surface area contributed by atoms with Crippen molar-refractivity contribution >= 4 is 99.2 Å². The molecule has 1 aromatic heterocycles. The molecule has 0 spiro atoms. The minimum absolute atomic E-state index is 0.0341. The molecule has 12 amide bonds. The van der Waals surface area contributed by atoms with Crippen LogP contribution < -0.4 is 59.3 Å². The predicted molar refractivity (Wildman–Crippen MR) is 426 cm³/mol. The number of nitrogens with two attached hydrogens (primary N) is 2. The second kappa shape index (κ2) is 44.2. The molecular weight excluding hydrogens is 1480 g/mol. The monoisotopic (exact) mass is 1590 g/mol. The maximum Gasteiger partial charge on any atom is 0.309 e. The van der Waals surface area contributed by atoms with E-state index in [4.69, 9.17) is 27.8 Å². The second-order valence-electron chi connectivity index (χ2n) is 29.7. The molecule has 2 heterocycles. The lowest BCUT2D eigenvalue weighted by Crippen LogP contribution is -2.62. The highest BCUT2D eigenvalue weighted by Crippen LogP contribution is 2.25. The van der Waals surface area contributed by atoms with E-state index in [0.29, 0.717) is 59.5 Å². The summed E-state index contributed by atoms with van der Waals surface area (Å²) in [6.45, 7) is 11.7. The number of carbonyl (C=O) groups excluding carboxylic acids is 13. The zero-order chi connectivity index (χ0) is 83.3. The Morgan fingerprint density at radius 1 is 0.579 bits per heavy atom. The Hall–Kier alpha value is -11.4. The van der Waals surface area contributed by atoms with Crippen LogP contribution >= 0.6 is 11.6 Å². The van der Waals surface area contributed by atoms with Crippen molar-refractivity contribution in [3.63, 3.8) is 0 Å². The number of nitrogens with one attached hydrogen (secondary N) is 9. The number of fused-ring (bicyclic) bond motifs is 1. The fourth-order valence-corrected chi connectivity index (χ4v) is 13.3. The molecule has 0 aliphatic carbocycles. The molecule has 1 aliphatic heterocycles. The Morgan fingerprint density at radius 2 is 1.11 bits per heavy atom. The number of likely N-dealkylation sites (tertiary alicyclic amines) is 1. The summed E-state index contributed by atoms with van der Waals surface area (Å²) in [6.07, 6.45) is 3.42. The number of phenols is 1. The van der Waals surface area contributed by atoms with Crippen molar-refractivity contribution in [2.75, 3.05) is 26.7 Å². The summed E-state index contributed by atoms with van der Waals surface area (Å²) in [6, 6.07) is 21.6. The number of hydrogen-bond acceptors (Lipinski definition) is 18. The third kappa shape index (κ3) is 28.4. The number of halogens is 1. The first-order valence-corrected chi connectivity index (χ1v) is 38.7. The summed E-state index contributed by atoms with van der Waals surface area (Å²) < 4.78 is 5.58. The lowest BCUT2D eigenvalue weighted by molar-refractivity contribution is -0.149. The first-order valence-electron chi connectivity index (χ1n) is 38.3. The van der Waals surface area contributed by atoms with Gasteiger partial charge in [0.25, 0.3) is 0 Å². The van der Waals surface area contributed by atoms with Gasteiger partial charge in [-0.05, 0) is 139 Å². The Labute approximate surface area is 668 Å². The number of unbranched alkanes of at least 4 members (excludes halogenated alkanes) is 1. The highest BCUT2D eigenvalue weighted by molar-refractivity contribution is 6.30. The maximum atomic E-state index is 15.0. The number of nitrogens with zero attached hydrogens (tertiary/aromatic N) is 3. The van der Waals surface area contributed by atoms with Crippen LogP contribution in [0.25, 0.3) is 10.8 Å². The Morgan fingerprint density at radius 3 is 1.68 bits per heavy atom. The van der Waals surface area contributed by atoms with Crippen molar-refractivity contribution in [3.8, 4) is 5.75 Å². The van der Waals surface area contributed by atoms with E-state index in [1.165, 1.54) is 62.5 Å². The number of aromatic nitrogens is 1. The number of hydrogen-bond donors (Lipinski definition) is 13. The van der Waals surface area contributed by atoms with Crippen LogP contribution in [0.4, 0.5) is 0 Å². The van der Waals surface area contributed by atoms with Crippen LogP contribution in [0.2, 0.25) is 5.02 Å². The average molecular weight is 1590 g/mol. The van der Waals surface area contributed by atoms with Gasteiger partial charge in [0.05, 0.1) is 18.9 Å². The van der Waals surface area contributed by atoms with Crippen molar-refractivity contribution in [2.45, 2.75) is 199 Å². The second-order valence-corrected chi connectivity index (χ2v) is 30.1. The third-order valence-electron chi connectivity index (χ3n) is 19.4. The van der Waals surface area contributed by atoms with Gasteiger partial charge < -0.3 is 84.1 Å². The number of phenolic OH excluding ortho intramolecular Hbond substituents is 1. The summed E-state index contributed by atoms with van der Waals surface area (Å²) in [5, 5.41) is 47.9. The number of aliphatic hydroxyl groups excluding tert-OH is 1. The molecule has 0 saturated carbocycles. The SMILES string of the molecule is CC(=O)N[C@H](Cc1ccc2cc(CC(C)C(=O)OCc3ccccc3)ccc2c1)C(=O)N[C@H](Cc1ccc(Cl)cc1)C(=O)N[C@H](Cc1cccnc1)C(=O)N[C@@H](CO)C(=O)N(C)C(Cc1ccc(O)cc1)C(=O)N[C@H](CC(N)=O)C(=O)N[C@@H](CC(C)C)C(=O)N[C@@H](CCCCNC(C)C)C(=O)N1CCCC1C(=O)N[C@H](C)C(N)=O. The van der Waals surface area contributed by atoms with Crippen LogP contribution in [-0.4, -0.2) is 195 Å². The molecule has 6 aromatic rings. The third-order valence-corrected chi connectivity index (χ3v) is 19.7. The predicted octanol–water partition coefficient (Wildman–Crippen LogP) is 3.09. The molecule has 612 valence electrons. The van der Waals surface area contributed by atoms with Gasteiger partial charge in [-0.1, -0.05) is 143 Å². The van der Waals surface area contributed by atoms with E-state index >= 15 is 4.79 Å². The molecule has 0 bridgehead atoms. The number of amides is 12. The van der Waals surface area contributed by atoms with Crippen molar-refractivity contribution < 1.29 is 77.3 Å². The van der Waals surface area contributed by atoms with Crippen molar-refractivity contribution in [1.29, 1.82) is 0 Å². The first kappa shape index (κ1) is 89.8. The van der Waals surface area contributed by atoms with E-state index in [-0.39, 0.29) is 81.8 Å². The van der Waals surface area contributed by atoms with E-state index in [0.717, 1.165) is 26.8 Å². The normalized spacial score (nSPS) is 15.2. The number of ether oxygens (including phenoxy) is 1. The number of rotatable bonds is 43. The number of aromatic hydroxyl groups is 1. The number of pyridine rings is 1. The molecule has 5 aromatic carbocycles. The van der Waals surface area contributed by atoms with Crippen molar-refractivity contribution in [3.05, 3.63) is 178 Å². The summed E-state index contributed by atoms with van der Waals surface area (Å²) >= 11 is 6.28. The number of aliphatic hydroxyl groups is 1. The van der Waals surface area contributed by atoms with Gasteiger partial charge in [0.1, 0.15) is 72.8 Å². The van der Waals surface area contributed by atoms with Gasteiger partial charge >= 0.3 is 5.97 Å². The summed E-state index contributed by atoms with van der Waals surface area (Å²) in [7, 11) is 1.17. The molecule has 30 nitrogen and oxygen atoms in total. The topological polar surface area (TPSA) is 451 Å². The highest BCUT2D eigenvalue weighted by atomic mass is 35.5. The molecule has 7 rings (SSSR count). The molecule has 114 heavy (non-hydrogen) atoms. The summed E-state index contributed by atoms with van der Waals surface area (Å²) in [4.78, 5) is 189. The molecule has 0 radical (unpaired) electrons. The maximum absolute atomic E-state index is 15.0. The van der Waals surface area contributed by atoms with Gasteiger partial charge in [-0.25, -0.2) is 0 Å². The molecular formula is C83H107ClN14O16. The van der Waals surface area contributed by atoms with Crippen LogP contribution in [0.5, 0.6) is 5.75 Å². The molecule has 11 atom stereocenters. The van der Waals surface area contributed by atoms with Crippen LogP contribution in [0.1, 0.15) is 127 Å². The van der Waals surface area contributed by atoms with Gasteiger partial charge in [-0.3, -0.25) is 67.3 Å². The fraction of sp³-hybridized carbons (Fsp3) is 0.446.